The van der Waals surface area contributed by atoms with Gasteiger partial charge in [0.2, 0.25) is 0 Å². The number of anilines is 1. The van der Waals surface area contributed by atoms with Crippen LogP contribution in [0, 0.1) is 5.92 Å². The van der Waals surface area contributed by atoms with Gasteiger partial charge in [-0.15, -0.1) is 0 Å². The van der Waals surface area contributed by atoms with Gasteiger partial charge in [-0.3, -0.25) is 0 Å². The first-order valence-corrected chi connectivity index (χ1v) is 7.29. The summed E-state index contributed by atoms with van der Waals surface area (Å²) < 4.78 is 0. The summed E-state index contributed by atoms with van der Waals surface area (Å²) >= 11 is 0. The molecule has 1 aromatic carbocycles. The molecule has 0 aliphatic heterocycles. The van der Waals surface area contributed by atoms with Crippen molar-refractivity contribution < 1.29 is 0 Å². The number of nitrogens with two attached hydrogens (primary N) is 1. The van der Waals surface area contributed by atoms with Crippen molar-refractivity contribution in [2.24, 2.45) is 11.7 Å². The third kappa shape index (κ3) is 3.74. The second kappa shape index (κ2) is 6.79. The monoisotopic (exact) mass is 246 g/mol. The largest absolute Gasteiger partial charge is 0.374 e. The molecular formula is C16H26N2. The Balaban J connectivity index is 1.89. The van der Waals surface area contributed by atoms with Crippen LogP contribution in [0.15, 0.2) is 24.3 Å². The smallest absolute Gasteiger partial charge is 0.0363 e. The summed E-state index contributed by atoms with van der Waals surface area (Å²) in [7, 11) is 2.21. The van der Waals surface area contributed by atoms with Crippen molar-refractivity contribution in [3.8, 4) is 0 Å². The van der Waals surface area contributed by atoms with Gasteiger partial charge in [0.1, 0.15) is 0 Å². The Morgan fingerprint density at radius 2 is 1.78 bits per heavy atom. The second-order valence-corrected chi connectivity index (χ2v) is 5.59. The molecule has 0 heterocycles. The third-order valence-electron chi connectivity index (χ3n) is 4.07. The molecule has 2 heteroatoms. The minimum atomic E-state index is 0.733. The summed E-state index contributed by atoms with van der Waals surface area (Å²) in [6.45, 7) is 1.94. The fourth-order valence-electron chi connectivity index (χ4n) is 2.95. The van der Waals surface area contributed by atoms with E-state index in [1.54, 1.807) is 0 Å². The van der Waals surface area contributed by atoms with E-state index >= 15 is 0 Å². The Morgan fingerprint density at radius 1 is 1.11 bits per heavy atom. The first-order chi connectivity index (χ1) is 8.79. The van der Waals surface area contributed by atoms with Gasteiger partial charge in [-0.1, -0.05) is 31.4 Å². The molecule has 1 aliphatic rings. The van der Waals surface area contributed by atoms with Crippen molar-refractivity contribution in [3.05, 3.63) is 29.8 Å². The van der Waals surface area contributed by atoms with Gasteiger partial charge in [-0.05, 0) is 49.4 Å². The molecule has 0 unspecified atom stereocenters. The molecule has 1 aromatic rings. The summed E-state index contributed by atoms with van der Waals surface area (Å²) in [6, 6.07) is 8.88. The highest BCUT2D eigenvalue weighted by molar-refractivity contribution is 5.46. The molecule has 2 rings (SSSR count). The fraction of sp³-hybridized carbons (Fsp3) is 0.625. The second-order valence-electron chi connectivity index (χ2n) is 5.59. The van der Waals surface area contributed by atoms with Crippen molar-refractivity contribution in [2.45, 2.75) is 38.5 Å². The minimum absolute atomic E-state index is 0.733. The van der Waals surface area contributed by atoms with E-state index in [0.717, 1.165) is 18.9 Å². The molecule has 2 N–H and O–H groups in total. The highest BCUT2D eigenvalue weighted by atomic mass is 15.1. The zero-order chi connectivity index (χ0) is 12.8. The van der Waals surface area contributed by atoms with Crippen molar-refractivity contribution in [1.82, 2.24) is 0 Å². The Morgan fingerprint density at radius 3 is 2.39 bits per heavy atom. The SMILES string of the molecule is CN(CC1CCCCC1)c1ccc(CCN)cc1. The van der Waals surface area contributed by atoms with Crippen LogP contribution in [-0.2, 0) is 6.42 Å². The summed E-state index contributed by atoms with van der Waals surface area (Å²) in [5.41, 5.74) is 8.25. The fourth-order valence-corrected chi connectivity index (χ4v) is 2.95. The van der Waals surface area contributed by atoms with Crippen LogP contribution in [0.4, 0.5) is 5.69 Å². The van der Waals surface area contributed by atoms with Crippen LogP contribution in [0.1, 0.15) is 37.7 Å². The van der Waals surface area contributed by atoms with Crippen molar-refractivity contribution in [1.29, 1.82) is 0 Å². The van der Waals surface area contributed by atoms with Crippen LogP contribution in [0.25, 0.3) is 0 Å². The van der Waals surface area contributed by atoms with Gasteiger partial charge in [-0.2, -0.15) is 0 Å². The molecule has 0 radical (unpaired) electrons. The van der Waals surface area contributed by atoms with E-state index in [0.29, 0.717) is 0 Å². The van der Waals surface area contributed by atoms with E-state index < -0.39 is 0 Å². The first-order valence-electron chi connectivity index (χ1n) is 7.29. The average molecular weight is 246 g/mol. The predicted octanol–water partition coefficient (Wildman–Crippen LogP) is 3.20. The summed E-state index contributed by atoms with van der Waals surface area (Å²) in [6.07, 6.45) is 8.09. The minimum Gasteiger partial charge on any atom is -0.374 e. The van der Waals surface area contributed by atoms with E-state index in [2.05, 4.69) is 36.2 Å². The molecule has 0 amide bonds. The number of nitrogens with zero attached hydrogens (tertiary/aromatic N) is 1. The molecule has 1 aliphatic carbocycles. The normalized spacial score (nSPS) is 16.8. The molecule has 2 nitrogen and oxygen atoms in total. The Labute approximate surface area is 111 Å². The molecule has 18 heavy (non-hydrogen) atoms. The summed E-state index contributed by atoms with van der Waals surface area (Å²) in [5.74, 6) is 0.896. The van der Waals surface area contributed by atoms with Gasteiger partial charge in [0.15, 0.2) is 0 Å². The number of hydrogen-bond acceptors (Lipinski definition) is 2. The molecule has 1 saturated carbocycles. The maximum Gasteiger partial charge on any atom is 0.0363 e. The summed E-state index contributed by atoms with van der Waals surface area (Å²) in [5, 5.41) is 0. The van der Waals surface area contributed by atoms with E-state index in [1.807, 2.05) is 0 Å². The van der Waals surface area contributed by atoms with Crippen molar-refractivity contribution in [3.63, 3.8) is 0 Å². The molecule has 0 bridgehead atoms. The quantitative estimate of drug-likeness (QED) is 0.864. The highest BCUT2D eigenvalue weighted by Gasteiger charge is 2.15. The molecule has 0 saturated heterocycles. The highest BCUT2D eigenvalue weighted by Crippen LogP contribution is 2.25. The lowest BCUT2D eigenvalue weighted by Gasteiger charge is -2.28. The summed E-state index contributed by atoms with van der Waals surface area (Å²) in [4.78, 5) is 2.40. The Bertz CT molecular complexity index is 339. The first kappa shape index (κ1) is 13.4. The van der Waals surface area contributed by atoms with Gasteiger partial charge in [0.05, 0.1) is 0 Å². The zero-order valence-corrected chi connectivity index (χ0v) is 11.6. The van der Waals surface area contributed by atoms with E-state index in [4.69, 9.17) is 5.73 Å². The Kier molecular flexibility index (Phi) is 5.06. The lowest BCUT2D eigenvalue weighted by atomic mass is 9.89. The maximum atomic E-state index is 5.57. The van der Waals surface area contributed by atoms with Crippen LogP contribution >= 0.6 is 0 Å². The van der Waals surface area contributed by atoms with E-state index in [1.165, 1.54) is 49.9 Å². The molecule has 1 fully saturated rings. The third-order valence-corrected chi connectivity index (χ3v) is 4.07. The van der Waals surface area contributed by atoms with Crippen LogP contribution < -0.4 is 10.6 Å². The van der Waals surface area contributed by atoms with Crippen molar-refractivity contribution in [2.75, 3.05) is 25.0 Å². The van der Waals surface area contributed by atoms with E-state index in [-0.39, 0.29) is 0 Å². The van der Waals surface area contributed by atoms with Gasteiger partial charge >= 0.3 is 0 Å². The number of rotatable bonds is 5. The average Bonchev–Trinajstić information content (AvgIpc) is 2.41. The zero-order valence-electron chi connectivity index (χ0n) is 11.6. The Hall–Kier alpha value is -1.02. The number of benzene rings is 1. The van der Waals surface area contributed by atoms with Gasteiger partial charge < -0.3 is 10.6 Å². The van der Waals surface area contributed by atoms with Crippen LogP contribution in [0.5, 0.6) is 0 Å². The van der Waals surface area contributed by atoms with E-state index in [9.17, 15) is 0 Å². The predicted molar refractivity (Wildman–Crippen MR) is 79.0 cm³/mol. The van der Waals surface area contributed by atoms with Crippen LogP contribution in [0.2, 0.25) is 0 Å². The van der Waals surface area contributed by atoms with Crippen molar-refractivity contribution >= 4 is 5.69 Å². The number of hydrogen-bond donors (Lipinski definition) is 1. The molecule has 100 valence electrons. The standard InChI is InChI=1S/C16H26N2/c1-18(13-15-5-3-2-4-6-15)16-9-7-14(8-10-16)11-12-17/h7-10,15H,2-6,11-13,17H2,1H3. The molecule has 0 atom stereocenters. The molecule has 0 aromatic heterocycles. The van der Waals surface area contributed by atoms with Crippen LogP contribution in [0.3, 0.4) is 0 Å². The lowest BCUT2D eigenvalue weighted by molar-refractivity contribution is 0.362. The van der Waals surface area contributed by atoms with Gasteiger partial charge in [0.25, 0.3) is 0 Å². The van der Waals surface area contributed by atoms with Crippen LogP contribution in [-0.4, -0.2) is 20.1 Å². The topological polar surface area (TPSA) is 29.3 Å². The molecular weight excluding hydrogens is 220 g/mol. The van der Waals surface area contributed by atoms with Gasteiger partial charge in [0, 0.05) is 19.3 Å². The lowest BCUT2D eigenvalue weighted by Crippen LogP contribution is -2.26. The van der Waals surface area contributed by atoms with Gasteiger partial charge in [-0.25, -0.2) is 0 Å². The maximum absolute atomic E-state index is 5.57. The molecule has 0 spiro atoms.